The molecule has 0 spiro atoms. The fourth-order valence-electron chi connectivity index (χ4n) is 5.92. The molecule has 21 heavy (non-hydrogen) atoms. The monoisotopic (exact) mass is 288 g/mol. The molecule has 5 rings (SSSR count). The molecule has 1 unspecified atom stereocenters. The van der Waals surface area contributed by atoms with Crippen LogP contribution < -0.4 is 0 Å². The van der Waals surface area contributed by atoms with Gasteiger partial charge in [-0.15, -0.1) is 0 Å². The van der Waals surface area contributed by atoms with Crippen molar-refractivity contribution in [3.05, 3.63) is 18.2 Å². The lowest BCUT2D eigenvalue weighted by atomic mass is 9.48. The van der Waals surface area contributed by atoms with E-state index in [2.05, 4.69) is 22.7 Å². The zero-order chi connectivity index (χ0) is 14.4. The summed E-state index contributed by atoms with van der Waals surface area (Å²) in [6, 6.07) is 0. The van der Waals surface area contributed by atoms with Gasteiger partial charge in [0.05, 0.1) is 12.6 Å². The second kappa shape index (κ2) is 5.12. The third-order valence-corrected chi connectivity index (χ3v) is 6.44. The molecule has 1 aromatic rings. The van der Waals surface area contributed by atoms with Crippen LogP contribution in [0.4, 0.5) is 0 Å². The summed E-state index contributed by atoms with van der Waals surface area (Å²) >= 11 is 0. The topological polar surface area (TPSA) is 38.0 Å². The van der Waals surface area contributed by atoms with Gasteiger partial charge in [0, 0.05) is 18.8 Å². The molecule has 0 radical (unpaired) electrons. The molecule has 4 fully saturated rings. The molecule has 4 aliphatic carbocycles. The highest BCUT2D eigenvalue weighted by Crippen LogP contribution is 2.61. The summed E-state index contributed by atoms with van der Waals surface area (Å²) in [7, 11) is 0. The van der Waals surface area contributed by atoms with Gasteiger partial charge in [-0.1, -0.05) is 6.92 Å². The molecular formula is C18H28N2O. The normalized spacial score (nSPS) is 38.9. The number of aryl methyl sites for hydroxylation is 1. The Hall–Kier alpha value is -0.830. The first-order valence-corrected chi connectivity index (χ1v) is 8.86. The van der Waals surface area contributed by atoms with E-state index in [0.717, 1.165) is 43.0 Å². The summed E-state index contributed by atoms with van der Waals surface area (Å²) in [4.78, 5) is 4.46. The third kappa shape index (κ3) is 2.34. The Morgan fingerprint density at radius 3 is 2.43 bits per heavy atom. The summed E-state index contributed by atoms with van der Waals surface area (Å²) in [5.74, 6) is 3.86. The lowest BCUT2D eigenvalue weighted by molar-refractivity contribution is -0.124. The quantitative estimate of drug-likeness (QED) is 0.901. The van der Waals surface area contributed by atoms with Crippen molar-refractivity contribution in [1.82, 2.24) is 9.55 Å². The van der Waals surface area contributed by atoms with Crippen molar-refractivity contribution < 1.29 is 5.11 Å². The van der Waals surface area contributed by atoms with Gasteiger partial charge < -0.3 is 9.67 Å². The Labute approximate surface area is 127 Å². The van der Waals surface area contributed by atoms with Crippen molar-refractivity contribution in [2.75, 3.05) is 0 Å². The number of nitrogens with zero attached hydrogens (tertiary/aromatic N) is 2. The number of aliphatic hydroxyl groups is 1. The molecule has 4 aliphatic rings. The van der Waals surface area contributed by atoms with Crippen LogP contribution in [0.3, 0.4) is 0 Å². The maximum atomic E-state index is 11.0. The van der Waals surface area contributed by atoms with Gasteiger partial charge in [-0.3, -0.25) is 0 Å². The molecule has 0 aromatic carbocycles. The Morgan fingerprint density at radius 2 is 1.86 bits per heavy atom. The number of aliphatic hydroxyl groups excluding tert-OH is 1. The SMILES string of the molecule is CCCc1nccn1CC(O)C12CC3CC(CC(C3)C1)C2. The Kier molecular flexibility index (Phi) is 3.36. The predicted molar refractivity (Wildman–Crippen MR) is 82.8 cm³/mol. The van der Waals surface area contributed by atoms with E-state index >= 15 is 0 Å². The van der Waals surface area contributed by atoms with Gasteiger partial charge in [0.1, 0.15) is 5.82 Å². The molecule has 3 nitrogen and oxygen atoms in total. The highest BCUT2D eigenvalue weighted by Gasteiger charge is 2.53. The molecule has 116 valence electrons. The molecule has 4 saturated carbocycles. The molecule has 1 aromatic heterocycles. The van der Waals surface area contributed by atoms with Crippen molar-refractivity contribution in [2.24, 2.45) is 23.2 Å². The summed E-state index contributed by atoms with van der Waals surface area (Å²) in [6.45, 7) is 2.94. The Balaban J connectivity index is 1.52. The van der Waals surface area contributed by atoms with E-state index in [1.165, 1.54) is 38.5 Å². The van der Waals surface area contributed by atoms with Crippen molar-refractivity contribution in [1.29, 1.82) is 0 Å². The van der Waals surface area contributed by atoms with Gasteiger partial charge in [-0.25, -0.2) is 4.98 Å². The molecule has 0 saturated heterocycles. The van der Waals surface area contributed by atoms with E-state index < -0.39 is 0 Å². The molecule has 1 atom stereocenters. The van der Waals surface area contributed by atoms with E-state index in [0.29, 0.717) is 0 Å². The highest BCUT2D eigenvalue weighted by atomic mass is 16.3. The second-order valence-corrected chi connectivity index (χ2v) is 8.04. The smallest absolute Gasteiger partial charge is 0.108 e. The Morgan fingerprint density at radius 1 is 1.24 bits per heavy atom. The summed E-state index contributed by atoms with van der Waals surface area (Å²) in [5.41, 5.74) is 0.225. The summed E-state index contributed by atoms with van der Waals surface area (Å²) in [5, 5.41) is 11.0. The first-order chi connectivity index (χ1) is 10.2. The maximum Gasteiger partial charge on any atom is 0.108 e. The number of hydrogen-bond donors (Lipinski definition) is 1. The van der Waals surface area contributed by atoms with E-state index in [9.17, 15) is 5.11 Å². The van der Waals surface area contributed by atoms with Crippen LogP contribution in [0.2, 0.25) is 0 Å². The minimum atomic E-state index is -0.185. The fourth-order valence-corrected chi connectivity index (χ4v) is 5.92. The lowest BCUT2D eigenvalue weighted by Gasteiger charge is -2.58. The van der Waals surface area contributed by atoms with Crippen molar-refractivity contribution in [2.45, 2.75) is 70.9 Å². The predicted octanol–water partition coefficient (Wildman–Crippen LogP) is 3.41. The molecular weight excluding hydrogens is 260 g/mol. The number of imidazole rings is 1. The second-order valence-electron chi connectivity index (χ2n) is 8.04. The Bertz CT molecular complexity index is 472. The van der Waals surface area contributed by atoms with Crippen LogP contribution >= 0.6 is 0 Å². The van der Waals surface area contributed by atoms with Crippen molar-refractivity contribution in [3.8, 4) is 0 Å². The molecule has 1 N–H and O–H groups in total. The van der Waals surface area contributed by atoms with Crippen molar-refractivity contribution in [3.63, 3.8) is 0 Å². The van der Waals surface area contributed by atoms with Crippen LogP contribution in [-0.4, -0.2) is 20.8 Å². The van der Waals surface area contributed by atoms with E-state index in [4.69, 9.17) is 0 Å². The first kappa shape index (κ1) is 13.8. The van der Waals surface area contributed by atoms with Gasteiger partial charge >= 0.3 is 0 Å². The minimum absolute atomic E-state index is 0.185. The van der Waals surface area contributed by atoms with Crippen LogP contribution in [0, 0.1) is 23.2 Å². The van der Waals surface area contributed by atoms with E-state index in [1.807, 2.05) is 6.20 Å². The average molecular weight is 288 g/mol. The minimum Gasteiger partial charge on any atom is -0.391 e. The van der Waals surface area contributed by atoms with Gasteiger partial charge in [-0.2, -0.15) is 0 Å². The van der Waals surface area contributed by atoms with Crippen LogP contribution in [0.1, 0.15) is 57.7 Å². The van der Waals surface area contributed by atoms with Crippen LogP contribution in [-0.2, 0) is 13.0 Å². The maximum absolute atomic E-state index is 11.0. The fraction of sp³-hybridized carbons (Fsp3) is 0.833. The largest absolute Gasteiger partial charge is 0.391 e. The number of hydrogen-bond acceptors (Lipinski definition) is 2. The standard InChI is InChI=1S/C18H28N2O/c1-2-3-17-19-4-5-20(17)12-16(21)18-9-13-6-14(10-18)8-15(7-13)11-18/h4-5,13-16,21H,2-3,6-12H2,1H3. The number of rotatable bonds is 5. The van der Waals surface area contributed by atoms with Gasteiger partial charge in [0.2, 0.25) is 0 Å². The van der Waals surface area contributed by atoms with Gasteiger partial charge in [0.15, 0.2) is 0 Å². The summed E-state index contributed by atoms with van der Waals surface area (Å²) in [6.07, 6.45) is 14.0. The molecule has 0 aliphatic heterocycles. The molecule has 4 bridgehead atoms. The third-order valence-electron chi connectivity index (χ3n) is 6.44. The van der Waals surface area contributed by atoms with E-state index in [1.54, 1.807) is 0 Å². The lowest BCUT2D eigenvalue weighted by Crippen LogP contribution is -2.52. The average Bonchev–Trinajstić information content (AvgIpc) is 2.85. The first-order valence-electron chi connectivity index (χ1n) is 8.86. The van der Waals surface area contributed by atoms with Crippen molar-refractivity contribution >= 4 is 0 Å². The highest BCUT2D eigenvalue weighted by molar-refractivity contribution is 5.05. The zero-order valence-corrected chi connectivity index (χ0v) is 13.2. The van der Waals surface area contributed by atoms with Gasteiger partial charge in [0.25, 0.3) is 0 Å². The molecule has 3 heteroatoms. The van der Waals surface area contributed by atoms with E-state index in [-0.39, 0.29) is 11.5 Å². The summed E-state index contributed by atoms with van der Waals surface area (Å²) < 4.78 is 2.20. The van der Waals surface area contributed by atoms with Gasteiger partial charge in [-0.05, 0) is 68.1 Å². The molecule has 0 amide bonds. The number of aromatic nitrogens is 2. The zero-order valence-electron chi connectivity index (χ0n) is 13.2. The van der Waals surface area contributed by atoms with Crippen LogP contribution in [0.15, 0.2) is 12.4 Å². The van der Waals surface area contributed by atoms with Crippen LogP contribution in [0.25, 0.3) is 0 Å². The van der Waals surface area contributed by atoms with Crippen LogP contribution in [0.5, 0.6) is 0 Å². The molecule has 1 heterocycles.